The SMILES string of the molecule is COc1cccc(CN(C)C(=O)C[NH+](C)CC(=O)Nc2c(C)cccc2C)c1OC. The van der Waals surface area contributed by atoms with Gasteiger partial charge in [-0.2, -0.15) is 0 Å². The minimum atomic E-state index is -0.116. The zero-order chi connectivity index (χ0) is 22.3. The molecule has 0 saturated heterocycles. The second-order valence-electron chi connectivity index (χ2n) is 7.53. The van der Waals surface area contributed by atoms with Crippen molar-refractivity contribution in [2.45, 2.75) is 20.4 Å². The summed E-state index contributed by atoms with van der Waals surface area (Å²) in [6.45, 7) is 4.73. The van der Waals surface area contributed by atoms with E-state index in [0.29, 0.717) is 18.0 Å². The fourth-order valence-electron chi connectivity index (χ4n) is 3.35. The number of aryl methyl sites for hydroxylation is 2. The van der Waals surface area contributed by atoms with Crippen LogP contribution in [0.15, 0.2) is 36.4 Å². The summed E-state index contributed by atoms with van der Waals surface area (Å²) < 4.78 is 10.8. The van der Waals surface area contributed by atoms with Crippen molar-refractivity contribution in [1.82, 2.24) is 4.90 Å². The molecule has 7 heteroatoms. The maximum absolute atomic E-state index is 12.7. The molecule has 2 aromatic carbocycles. The van der Waals surface area contributed by atoms with E-state index < -0.39 is 0 Å². The van der Waals surface area contributed by atoms with Crippen molar-refractivity contribution in [3.05, 3.63) is 53.1 Å². The van der Waals surface area contributed by atoms with Gasteiger partial charge in [-0.05, 0) is 31.0 Å². The Labute approximate surface area is 178 Å². The quantitative estimate of drug-likeness (QED) is 0.651. The predicted octanol–water partition coefficient (Wildman–Crippen LogP) is 1.43. The molecule has 0 bridgehead atoms. The zero-order valence-electron chi connectivity index (χ0n) is 18.7. The molecule has 1 unspecified atom stereocenters. The first-order chi connectivity index (χ1) is 14.3. The van der Waals surface area contributed by atoms with Crippen molar-refractivity contribution in [3.63, 3.8) is 0 Å². The first-order valence-corrected chi connectivity index (χ1v) is 9.88. The number of methoxy groups -OCH3 is 2. The normalized spacial score (nSPS) is 11.5. The first-order valence-electron chi connectivity index (χ1n) is 9.88. The Balaban J connectivity index is 1.93. The smallest absolute Gasteiger partial charge is 0.279 e. The monoisotopic (exact) mass is 414 g/mol. The molecular weight excluding hydrogens is 382 g/mol. The van der Waals surface area contributed by atoms with Gasteiger partial charge in [-0.25, -0.2) is 0 Å². The van der Waals surface area contributed by atoms with Gasteiger partial charge in [-0.15, -0.1) is 0 Å². The highest BCUT2D eigenvalue weighted by Crippen LogP contribution is 2.31. The number of benzene rings is 2. The largest absolute Gasteiger partial charge is 0.493 e. The lowest BCUT2D eigenvalue weighted by Gasteiger charge is -2.21. The van der Waals surface area contributed by atoms with Gasteiger partial charge in [0.05, 0.1) is 21.3 Å². The molecule has 2 amide bonds. The second-order valence-corrected chi connectivity index (χ2v) is 7.53. The molecule has 162 valence electrons. The number of rotatable bonds is 9. The molecule has 1 atom stereocenters. The van der Waals surface area contributed by atoms with Crippen molar-refractivity contribution in [2.75, 3.05) is 46.7 Å². The summed E-state index contributed by atoms with van der Waals surface area (Å²) in [5, 5.41) is 2.96. The summed E-state index contributed by atoms with van der Waals surface area (Å²) >= 11 is 0. The van der Waals surface area contributed by atoms with Gasteiger partial charge in [0.15, 0.2) is 24.6 Å². The van der Waals surface area contributed by atoms with E-state index in [1.165, 1.54) is 0 Å². The Morgan fingerprint density at radius 3 is 2.23 bits per heavy atom. The molecule has 7 nitrogen and oxygen atoms in total. The van der Waals surface area contributed by atoms with E-state index in [9.17, 15) is 9.59 Å². The first kappa shape index (κ1) is 23.2. The van der Waals surface area contributed by atoms with Crippen LogP contribution in [0.5, 0.6) is 11.5 Å². The number of carbonyl (C=O) groups excluding carboxylic acids is 2. The van der Waals surface area contributed by atoms with Crippen molar-refractivity contribution in [2.24, 2.45) is 0 Å². The van der Waals surface area contributed by atoms with E-state index in [0.717, 1.165) is 27.3 Å². The summed E-state index contributed by atoms with van der Waals surface area (Å²) in [5.74, 6) is 1.07. The van der Waals surface area contributed by atoms with E-state index in [4.69, 9.17) is 9.47 Å². The number of quaternary nitrogens is 1. The Hall–Kier alpha value is -3.06. The number of likely N-dealkylation sites (N-methyl/N-ethyl adjacent to an activating group) is 2. The number of amides is 2. The predicted molar refractivity (Wildman–Crippen MR) is 117 cm³/mol. The number of anilines is 1. The van der Waals surface area contributed by atoms with E-state index in [-0.39, 0.29) is 24.9 Å². The van der Waals surface area contributed by atoms with Crippen LogP contribution in [0.1, 0.15) is 16.7 Å². The zero-order valence-corrected chi connectivity index (χ0v) is 18.7. The van der Waals surface area contributed by atoms with Gasteiger partial charge in [0, 0.05) is 24.8 Å². The van der Waals surface area contributed by atoms with E-state index in [1.807, 2.05) is 57.3 Å². The topological polar surface area (TPSA) is 72.3 Å². The molecule has 0 heterocycles. The second kappa shape index (κ2) is 10.6. The summed E-state index contributed by atoms with van der Waals surface area (Å²) in [6, 6.07) is 11.5. The molecule has 0 saturated carbocycles. The lowest BCUT2D eigenvalue weighted by Crippen LogP contribution is -3.11. The molecular formula is C23H32N3O4+. The number of para-hydroxylation sites is 2. The highest BCUT2D eigenvalue weighted by atomic mass is 16.5. The highest BCUT2D eigenvalue weighted by Gasteiger charge is 2.20. The lowest BCUT2D eigenvalue weighted by atomic mass is 10.1. The molecule has 0 aromatic heterocycles. The molecule has 2 N–H and O–H groups in total. The molecule has 0 fully saturated rings. The molecule has 0 aliphatic rings. The van der Waals surface area contributed by atoms with Crippen LogP contribution in [-0.4, -0.2) is 58.1 Å². The molecule has 2 rings (SSSR count). The van der Waals surface area contributed by atoms with Crippen molar-refractivity contribution >= 4 is 17.5 Å². The van der Waals surface area contributed by atoms with Crippen molar-refractivity contribution in [1.29, 1.82) is 0 Å². The van der Waals surface area contributed by atoms with Crippen LogP contribution in [-0.2, 0) is 16.1 Å². The summed E-state index contributed by atoms with van der Waals surface area (Å²) in [6.07, 6.45) is 0. The average Bonchev–Trinajstić information content (AvgIpc) is 2.70. The molecule has 30 heavy (non-hydrogen) atoms. The Morgan fingerprint density at radius 2 is 1.63 bits per heavy atom. The summed E-state index contributed by atoms with van der Waals surface area (Å²) in [7, 11) is 6.74. The van der Waals surface area contributed by atoms with Crippen LogP contribution >= 0.6 is 0 Å². The van der Waals surface area contributed by atoms with Gasteiger partial charge in [-0.1, -0.05) is 30.3 Å². The molecule has 0 aliphatic heterocycles. The summed E-state index contributed by atoms with van der Waals surface area (Å²) in [4.78, 5) is 27.5. The Morgan fingerprint density at radius 1 is 1.00 bits per heavy atom. The fraction of sp³-hybridized carbons (Fsp3) is 0.391. The number of hydrogen-bond donors (Lipinski definition) is 2. The minimum absolute atomic E-state index is 0.0581. The van der Waals surface area contributed by atoms with Gasteiger partial charge >= 0.3 is 0 Å². The number of hydrogen-bond acceptors (Lipinski definition) is 4. The van der Waals surface area contributed by atoms with Gasteiger partial charge in [0.1, 0.15) is 0 Å². The number of carbonyl (C=O) groups is 2. The van der Waals surface area contributed by atoms with Crippen LogP contribution < -0.4 is 19.7 Å². The van der Waals surface area contributed by atoms with Crippen molar-refractivity contribution < 1.29 is 24.0 Å². The Kier molecular flexibility index (Phi) is 8.24. The molecule has 0 radical (unpaired) electrons. The van der Waals surface area contributed by atoms with Crippen LogP contribution in [0.4, 0.5) is 5.69 Å². The standard InChI is InChI=1S/C23H31N3O4/c1-16-9-7-10-17(2)22(16)24-20(27)14-25(3)15-21(28)26(4)13-18-11-8-12-19(29-5)23(18)30-6/h7-12H,13-15H2,1-6H3,(H,24,27)/p+1. The molecule has 0 aliphatic carbocycles. The fourth-order valence-corrected chi connectivity index (χ4v) is 3.35. The van der Waals surface area contributed by atoms with Crippen LogP contribution in [0, 0.1) is 13.8 Å². The van der Waals surface area contributed by atoms with E-state index in [2.05, 4.69) is 5.32 Å². The van der Waals surface area contributed by atoms with Gasteiger partial charge in [0.2, 0.25) is 0 Å². The number of ether oxygens (including phenoxy) is 2. The number of nitrogens with zero attached hydrogens (tertiary/aromatic N) is 1. The van der Waals surface area contributed by atoms with E-state index >= 15 is 0 Å². The molecule has 2 aromatic rings. The van der Waals surface area contributed by atoms with Crippen molar-refractivity contribution in [3.8, 4) is 11.5 Å². The van der Waals surface area contributed by atoms with Gasteiger partial charge in [0.25, 0.3) is 11.8 Å². The lowest BCUT2D eigenvalue weighted by molar-refractivity contribution is -0.862. The average molecular weight is 415 g/mol. The van der Waals surface area contributed by atoms with Gasteiger partial charge in [-0.3, -0.25) is 9.59 Å². The minimum Gasteiger partial charge on any atom is -0.493 e. The van der Waals surface area contributed by atoms with Crippen LogP contribution in [0.3, 0.4) is 0 Å². The third kappa shape index (κ3) is 5.97. The van der Waals surface area contributed by atoms with Gasteiger partial charge < -0.3 is 24.6 Å². The molecule has 0 spiro atoms. The summed E-state index contributed by atoms with van der Waals surface area (Å²) in [5.41, 5.74) is 3.73. The maximum Gasteiger partial charge on any atom is 0.279 e. The maximum atomic E-state index is 12.7. The third-order valence-corrected chi connectivity index (χ3v) is 4.98. The highest BCUT2D eigenvalue weighted by molar-refractivity contribution is 5.93. The van der Waals surface area contributed by atoms with E-state index in [1.54, 1.807) is 26.2 Å². The van der Waals surface area contributed by atoms with Crippen LogP contribution in [0.2, 0.25) is 0 Å². The van der Waals surface area contributed by atoms with Crippen LogP contribution in [0.25, 0.3) is 0 Å². The number of nitrogens with one attached hydrogen (secondary N) is 2. The Bertz CT molecular complexity index is 878. The third-order valence-electron chi connectivity index (χ3n) is 4.98.